The number of benzene rings is 1. The molecule has 2 amide bonds. The summed E-state index contributed by atoms with van der Waals surface area (Å²) in [6, 6.07) is 7.88. The molecule has 1 aliphatic rings. The summed E-state index contributed by atoms with van der Waals surface area (Å²) in [5.74, 6) is -0.693. The molecule has 0 saturated carbocycles. The molecule has 1 aliphatic heterocycles. The van der Waals surface area contributed by atoms with Crippen molar-refractivity contribution in [1.82, 2.24) is 15.4 Å². The van der Waals surface area contributed by atoms with Crippen molar-refractivity contribution < 1.29 is 19.2 Å². The van der Waals surface area contributed by atoms with Crippen molar-refractivity contribution in [2.24, 2.45) is 5.92 Å². The molecule has 2 heterocycles. The number of β-amino-alcohol motifs (C(OH)–C–C–N with tert-alkyl or cyclic N) is 1. The molecule has 0 unspecified atom stereocenters. The molecule has 2 aromatic rings. The predicted molar refractivity (Wildman–Crippen MR) is 108 cm³/mol. The summed E-state index contributed by atoms with van der Waals surface area (Å²) in [5, 5.41) is 17.4. The van der Waals surface area contributed by atoms with Gasteiger partial charge in [0.2, 0.25) is 11.8 Å². The van der Waals surface area contributed by atoms with Crippen molar-refractivity contribution in [3.63, 3.8) is 0 Å². The third-order valence-corrected chi connectivity index (χ3v) is 5.54. The number of carbonyl (C=O) groups excluding carboxylic acids is 2. The Morgan fingerprint density at radius 2 is 1.93 bits per heavy atom. The minimum Gasteiger partial charge on any atom is -0.391 e. The number of aromatic nitrogens is 1. The van der Waals surface area contributed by atoms with Crippen LogP contribution in [0.25, 0.3) is 0 Å². The van der Waals surface area contributed by atoms with E-state index in [1.165, 1.54) is 11.1 Å². The summed E-state index contributed by atoms with van der Waals surface area (Å²) in [6.45, 7) is 5.80. The number of rotatable bonds is 6. The van der Waals surface area contributed by atoms with Crippen LogP contribution in [0.4, 0.5) is 0 Å². The van der Waals surface area contributed by atoms with Crippen molar-refractivity contribution >= 4 is 23.4 Å². The molecular weight excluding hydrogens is 394 g/mol. The highest BCUT2D eigenvalue weighted by molar-refractivity contribution is 6.30. The topological polar surface area (TPSA) is 95.7 Å². The average molecular weight is 420 g/mol. The average Bonchev–Trinajstić information content (AvgIpc) is 3.31. The third-order valence-electron chi connectivity index (χ3n) is 5.29. The first-order chi connectivity index (χ1) is 13.8. The fourth-order valence-corrected chi connectivity index (χ4v) is 3.88. The minimum atomic E-state index is -0.747. The second kappa shape index (κ2) is 8.97. The molecule has 0 radical (unpaired) electrons. The second-order valence-electron chi connectivity index (χ2n) is 7.81. The lowest BCUT2D eigenvalue weighted by Crippen LogP contribution is -2.48. The van der Waals surface area contributed by atoms with Crippen molar-refractivity contribution in [2.45, 2.75) is 51.3 Å². The molecule has 8 heteroatoms. The molecule has 156 valence electrons. The maximum Gasteiger partial charge on any atom is 0.243 e. The first-order valence-corrected chi connectivity index (χ1v) is 10.1. The van der Waals surface area contributed by atoms with Crippen molar-refractivity contribution in [1.29, 1.82) is 0 Å². The van der Waals surface area contributed by atoms with Crippen LogP contribution in [0.2, 0.25) is 5.02 Å². The number of halogens is 1. The van der Waals surface area contributed by atoms with Crippen molar-refractivity contribution in [3.05, 3.63) is 52.9 Å². The maximum absolute atomic E-state index is 13.3. The van der Waals surface area contributed by atoms with Gasteiger partial charge in [-0.1, -0.05) is 42.7 Å². The van der Waals surface area contributed by atoms with Crippen LogP contribution in [-0.4, -0.2) is 45.7 Å². The number of hydrogen-bond donors (Lipinski definition) is 2. The lowest BCUT2D eigenvalue weighted by atomic mass is 9.91. The van der Waals surface area contributed by atoms with Gasteiger partial charge in [-0.25, -0.2) is 0 Å². The van der Waals surface area contributed by atoms with Gasteiger partial charge in [0.05, 0.1) is 18.3 Å². The monoisotopic (exact) mass is 419 g/mol. The fraction of sp³-hybridized carbons (Fsp3) is 0.476. The van der Waals surface area contributed by atoms with Crippen LogP contribution in [-0.2, 0) is 9.59 Å². The zero-order valence-electron chi connectivity index (χ0n) is 16.7. The van der Waals surface area contributed by atoms with Crippen LogP contribution in [0, 0.1) is 5.92 Å². The van der Waals surface area contributed by atoms with Gasteiger partial charge in [0.1, 0.15) is 17.7 Å². The molecule has 7 nitrogen and oxygen atoms in total. The van der Waals surface area contributed by atoms with Crippen LogP contribution in [0.3, 0.4) is 0 Å². The van der Waals surface area contributed by atoms with E-state index < -0.39 is 18.1 Å². The normalized spacial score (nSPS) is 21.2. The fourth-order valence-electron chi connectivity index (χ4n) is 3.75. The summed E-state index contributed by atoms with van der Waals surface area (Å²) >= 11 is 5.92. The van der Waals surface area contributed by atoms with Gasteiger partial charge in [-0.2, -0.15) is 0 Å². The second-order valence-corrected chi connectivity index (χ2v) is 8.25. The molecular formula is C21H26ClN3O4. The number of hydrogen-bond acceptors (Lipinski definition) is 5. The van der Waals surface area contributed by atoms with E-state index in [1.807, 2.05) is 32.9 Å². The number of aliphatic hydroxyl groups is 1. The SMILES string of the molecule is CC(C)[C@@H](C(=O)N1C[C@H](O)C[C@H]1C(=O)N[C@@H](C)c1ccc(Cl)cc1)c1ccno1. The van der Waals surface area contributed by atoms with Gasteiger partial charge in [0, 0.05) is 24.1 Å². The Morgan fingerprint density at radius 3 is 2.52 bits per heavy atom. The first kappa shape index (κ1) is 21.3. The van der Waals surface area contributed by atoms with Gasteiger partial charge in [-0.15, -0.1) is 0 Å². The van der Waals surface area contributed by atoms with E-state index >= 15 is 0 Å². The Kier molecular flexibility index (Phi) is 6.59. The zero-order valence-corrected chi connectivity index (χ0v) is 17.5. The smallest absolute Gasteiger partial charge is 0.243 e. The van der Waals surface area contributed by atoms with E-state index in [4.69, 9.17) is 16.1 Å². The molecule has 2 N–H and O–H groups in total. The maximum atomic E-state index is 13.3. The third kappa shape index (κ3) is 4.79. The highest BCUT2D eigenvalue weighted by Crippen LogP contribution is 2.30. The quantitative estimate of drug-likeness (QED) is 0.750. The summed E-state index contributed by atoms with van der Waals surface area (Å²) in [6.07, 6.45) is 0.948. The van der Waals surface area contributed by atoms with E-state index in [1.54, 1.807) is 18.2 Å². The van der Waals surface area contributed by atoms with Gasteiger partial charge < -0.3 is 19.8 Å². The number of nitrogens with one attached hydrogen (secondary N) is 1. The summed E-state index contributed by atoms with van der Waals surface area (Å²) < 4.78 is 5.22. The van der Waals surface area contributed by atoms with E-state index in [-0.39, 0.29) is 36.7 Å². The molecule has 1 saturated heterocycles. The minimum absolute atomic E-state index is 0.0510. The van der Waals surface area contributed by atoms with Gasteiger partial charge in [-0.3, -0.25) is 9.59 Å². The Labute approximate surface area is 175 Å². The summed E-state index contributed by atoms with van der Waals surface area (Å²) in [5.41, 5.74) is 0.904. The van der Waals surface area contributed by atoms with Gasteiger partial charge in [0.25, 0.3) is 0 Å². The highest BCUT2D eigenvalue weighted by Gasteiger charge is 2.43. The Hall–Kier alpha value is -2.38. The molecule has 0 aliphatic carbocycles. The number of aliphatic hydroxyl groups excluding tert-OH is 1. The van der Waals surface area contributed by atoms with Gasteiger partial charge in [0.15, 0.2) is 0 Å². The predicted octanol–water partition coefficient (Wildman–Crippen LogP) is 2.91. The Bertz CT molecular complexity index is 838. The van der Waals surface area contributed by atoms with E-state index in [0.29, 0.717) is 10.8 Å². The Balaban J connectivity index is 1.75. The van der Waals surface area contributed by atoms with E-state index in [0.717, 1.165) is 5.56 Å². The van der Waals surface area contributed by atoms with Crippen LogP contribution < -0.4 is 5.32 Å². The van der Waals surface area contributed by atoms with Crippen molar-refractivity contribution in [3.8, 4) is 0 Å². The first-order valence-electron chi connectivity index (χ1n) is 9.73. The highest BCUT2D eigenvalue weighted by atomic mass is 35.5. The van der Waals surface area contributed by atoms with Crippen LogP contribution in [0.1, 0.15) is 50.5 Å². The van der Waals surface area contributed by atoms with E-state index in [9.17, 15) is 14.7 Å². The largest absolute Gasteiger partial charge is 0.391 e. The van der Waals surface area contributed by atoms with Crippen LogP contribution in [0.15, 0.2) is 41.1 Å². The molecule has 3 rings (SSSR count). The molecule has 1 aromatic heterocycles. The summed E-state index contributed by atoms with van der Waals surface area (Å²) in [7, 11) is 0. The molecule has 29 heavy (non-hydrogen) atoms. The standard InChI is InChI=1S/C21H26ClN3O4/c1-12(2)19(18-8-9-23-29-18)21(28)25-11-16(26)10-17(25)20(27)24-13(3)14-4-6-15(22)7-5-14/h4-9,12-13,16-17,19,26H,10-11H2,1-3H3,(H,24,27)/t13-,16+,17-,19+/m0/s1. The molecule has 0 spiro atoms. The number of nitrogens with zero attached hydrogens (tertiary/aromatic N) is 2. The van der Waals surface area contributed by atoms with Gasteiger partial charge >= 0.3 is 0 Å². The Morgan fingerprint density at radius 1 is 1.24 bits per heavy atom. The molecule has 1 fully saturated rings. The summed E-state index contributed by atoms with van der Waals surface area (Å²) in [4.78, 5) is 27.7. The van der Waals surface area contributed by atoms with Crippen LogP contribution >= 0.6 is 11.6 Å². The molecule has 0 bridgehead atoms. The van der Waals surface area contributed by atoms with Crippen molar-refractivity contribution in [2.75, 3.05) is 6.54 Å². The zero-order chi connectivity index (χ0) is 21.1. The number of amides is 2. The van der Waals surface area contributed by atoms with Gasteiger partial charge in [-0.05, 0) is 30.5 Å². The molecule has 1 aromatic carbocycles. The lowest BCUT2D eigenvalue weighted by molar-refractivity contribution is -0.141. The van der Waals surface area contributed by atoms with Crippen LogP contribution in [0.5, 0.6) is 0 Å². The molecule has 4 atom stereocenters. The van der Waals surface area contributed by atoms with E-state index in [2.05, 4.69) is 10.5 Å². The number of carbonyl (C=O) groups is 2. The number of likely N-dealkylation sites (tertiary alicyclic amines) is 1. The lowest BCUT2D eigenvalue weighted by Gasteiger charge is -2.29.